The Morgan fingerprint density at radius 2 is 1.83 bits per heavy atom. The number of imidazole rings is 1. The van der Waals surface area contributed by atoms with Crippen LogP contribution in [-0.2, 0) is 6.42 Å². The summed E-state index contributed by atoms with van der Waals surface area (Å²) in [6.07, 6.45) is 4.79. The summed E-state index contributed by atoms with van der Waals surface area (Å²) in [5.74, 6) is 1.89. The maximum absolute atomic E-state index is 14.1. The molecule has 2 aromatic carbocycles. The van der Waals surface area contributed by atoms with E-state index in [9.17, 15) is 4.79 Å². The van der Waals surface area contributed by atoms with Crippen LogP contribution in [0.5, 0.6) is 11.5 Å². The van der Waals surface area contributed by atoms with Crippen LogP contribution >= 0.6 is 11.6 Å². The van der Waals surface area contributed by atoms with Crippen LogP contribution in [0.25, 0.3) is 16.9 Å². The van der Waals surface area contributed by atoms with Gasteiger partial charge in [0, 0.05) is 24.8 Å². The van der Waals surface area contributed by atoms with Gasteiger partial charge in [-0.1, -0.05) is 48.0 Å². The number of hydrogen-bond acceptors (Lipinski definition) is 4. The summed E-state index contributed by atoms with van der Waals surface area (Å²) in [5.41, 5.74) is 3.90. The average Bonchev–Trinajstić information content (AvgIpc) is 3.64. The van der Waals surface area contributed by atoms with Crippen LogP contribution in [0.3, 0.4) is 0 Å². The molecule has 0 radical (unpaired) electrons. The van der Waals surface area contributed by atoms with Gasteiger partial charge >= 0.3 is 0 Å². The van der Waals surface area contributed by atoms with Gasteiger partial charge < -0.3 is 14.4 Å². The molecule has 0 spiro atoms. The Balaban J connectivity index is 1.49. The molecule has 35 heavy (non-hydrogen) atoms. The lowest BCUT2D eigenvalue weighted by molar-refractivity contribution is 0.0743. The zero-order chi connectivity index (χ0) is 24.4. The summed E-state index contributed by atoms with van der Waals surface area (Å²) in [5, 5.41) is 0.558. The number of pyridine rings is 1. The van der Waals surface area contributed by atoms with Gasteiger partial charge in [0.2, 0.25) is 0 Å². The molecule has 180 valence electrons. The van der Waals surface area contributed by atoms with Gasteiger partial charge in [-0.15, -0.1) is 0 Å². The monoisotopic (exact) mass is 489 g/mol. The van der Waals surface area contributed by atoms with E-state index in [4.69, 9.17) is 26.1 Å². The third-order valence-corrected chi connectivity index (χ3v) is 6.64. The lowest BCUT2D eigenvalue weighted by Crippen LogP contribution is -2.35. The lowest BCUT2D eigenvalue weighted by Gasteiger charge is -2.23. The Hall–Kier alpha value is -3.51. The second-order valence-electron chi connectivity index (χ2n) is 8.88. The average molecular weight is 490 g/mol. The number of benzene rings is 2. The number of carbonyl (C=O) groups is 1. The third-order valence-electron chi connectivity index (χ3n) is 6.41. The Morgan fingerprint density at radius 3 is 2.54 bits per heavy atom. The molecular formula is C28H28ClN3O3. The van der Waals surface area contributed by atoms with Crippen LogP contribution in [0.2, 0.25) is 5.02 Å². The summed E-state index contributed by atoms with van der Waals surface area (Å²) in [7, 11) is 3.26. The molecule has 0 atom stereocenters. The van der Waals surface area contributed by atoms with Gasteiger partial charge in [-0.2, -0.15) is 0 Å². The smallest absolute Gasteiger partial charge is 0.273 e. The van der Waals surface area contributed by atoms with E-state index in [0.717, 1.165) is 30.5 Å². The molecule has 0 saturated heterocycles. The zero-order valence-electron chi connectivity index (χ0n) is 19.9. The molecule has 1 amide bonds. The molecule has 4 aromatic rings. The van der Waals surface area contributed by atoms with E-state index in [1.165, 1.54) is 0 Å². The minimum absolute atomic E-state index is 0.0361. The van der Waals surface area contributed by atoms with Crippen molar-refractivity contribution in [1.82, 2.24) is 14.3 Å². The number of carbonyl (C=O) groups excluding carboxylic acids is 1. The van der Waals surface area contributed by atoms with E-state index in [1.54, 1.807) is 26.5 Å². The molecule has 1 saturated carbocycles. The van der Waals surface area contributed by atoms with Crippen molar-refractivity contribution < 1.29 is 14.3 Å². The van der Waals surface area contributed by atoms with Crippen molar-refractivity contribution in [2.24, 2.45) is 5.92 Å². The Kier molecular flexibility index (Phi) is 6.64. The van der Waals surface area contributed by atoms with E-state index in [-0.39, 0.29) is 5.91 Å². The second kappa shape index (κ2) is 10.0. The fourth-order valence-corrected chi connectivity index (χ4v) is 4.52. The van der Waals surface area contributed by atoms with E-state index in [1.807, 2.05) is 63.9 Å². The van der Waals surface area contributed by atoms with Crippen molar-refractivity contribution in [2.75, 3.05) is 27.3 Å². The van der Waals surface area contributed by atoms with Crippen molar-refractivity contribution >= 4 is 23.2 Å². The van der Waals surface area contributed by atoms with Gasteiger partial charge in [0.15, 0.2) is 11.5 Å². The van der Waals surface area contributed by atoms with Gasteiger partial charge in [0.05, 0.1) is 19.2 Å². The molecule has 2 heterocycles. The number of methoxy groups -OCH3 is 2. The molecule has 0 unspecified atom stereocenters. The van der Waals surface area contributed by atoms with Crippen LogP contribution < -0.4 is 9.47 Å². The van der Waals surface area contributed by atoms with Gasteiger partial charge in [0.25, 0.3) is 5.91 Å². The van der Waals surface area contributed by atoms with Crippen LogP contribution in [0.1, 0.15) is 28.9 Å². The first kappa shape index (κ1) is 23.2. The largest absolute Gasteiger partial charge is 0.493 e. The lowest BCUT2D eigenvalue weighted by atomic mass is 10.1. The van der Waals surface area contributed by atoms with Crippen molar-refractivity contribution in [3.05, 3.63) is 83.1 Å². The van der Waals surface area contributed by atoms with Crippen LogP contribution in [0.15, 0.2) is 66.9 Å². The van der Waals surface area contributed by atoms with Crippen molar-refractivity contribution in [2.45, 2.75) is 19.3 Å². The van der Waals surface area contributed by atoms with Crippen LogP contribution in [0, 0.1) is 5.92 Å². The molecule has 7 heteroatoms. The summed E-state index contributed by atoms with van der Waals surface area (Å²) < 4.78 is 12.6. The number of amides is 1. The molecule has 1 aliphatic carbocycles. The third kappa shape index (κ3) is 4.98. The summed E-state index contributed by atoms with van der Waals surface area (Å²) in [4.78, 5) is 20.9. The number of aromatic nitrogens is 2. The highest BCUT2D eigenvalue weighted by Crippen LogP contribution is 2.33. The highest BCUT2D eigenvalue weighted by Gasteiger charge is 2.30. The molecule has 5 rings (SSSR count). The second-order valence-corrected chi connectivity index (χ2v) is 9.32. The number of rotatable bonds is 9. The van der Waals surface area contributed by atoms with Gasteiger partial charge in [0.1, 0.15) is 17.0 Å². The molecule has 6 nitrogen and oxygen atoms in total. The van der Waals surface area contributed by atoms with Crippen LogP contribution in [0.4, 0.5) is 0 Å². The highest BCUT2D eigenvalue weighted by atomic mass is 35.5. The van der Waals surface area contributed by atoms with Gasteiger partial charge in [-0.25, -0.2) is 4.98 Å². The summed E-state index contributed by atoms with van der Waals surface area (Å²) in [6, 6.07) is 19.4. The minimum Gasteiger partial charge on any atom is -0.493 e. The number of halogens is 1. The maximum atomic E-state index is 14.1. The Labute approximate surface area is 210 Å². The first-order valence-corrected chi connectivity index (χ1v) is 12.2. The Morgan fingerprint density at radius 1 is 1.06 bits per heavy atom. The normalized spacial score (nSPS) is 13.1. The molecular weight excluding hydrogens is 462 g/mol. The molecule has 0 aliphatic heterocycles. The van der Waals surface area contributed by atoms with Crippen molar-refractivity contribution in [3.8, 4) is 22.8 Å². The number of nitrogens with zero attached hydrogens (tertiary/aromatic N) is 3. The fraction of sp³-hybridized carbons (Fsp3) is 0.286. The fourth-order valence-electron chi connectivity index (χ4n) is 4.36. The summed E-state index contributed by atoms with van der Waals surface area (Å²) in [6.45, 7) is 1.32. The van der Waals surface area contributed by atoms with E-state index >= 15 is 0 Å². The minimum atomic E-state index is -0.0361. The maximum Gasteiger partial charge on any atom is 0.273 e. The molecule has 2 aromatic heterocycles. The summed E-state index contributed by atoms with van der Waals surface area (Å²) >= 11 is 6.32. The first-order chi connectivity index (χ1) is 17.1. The number of fused-ring (bicyclic) bond motifs is 1. The van der Waals surface area contributed by atoms with E-state index in [0.29, 0.717) is 52.4 Å². The molecule has 1 aliphatic rings. The van der Waals surface area contributed by atoms with Gasteiger partial charge in [-0.3, -0.25) is 9.20 Å². The topological polar surface area (TPSA) is 56.1 Å². The SMILES string of the molecule is COc1ccc(CCN(CC2CC2)C(=O)c2c(-c3ccccc3)nc3ccc(Cl)cn23)cc1OC. The van der Waals surface area contributed by atoms with Gasteiger partial charge in [-0.05, 0) is 55.0 Å². The van der Waals surface area contributed by atoms with Crippen molar-refractivity contribution in [3.63, 3.8) is 0 Å². The number of ether oxygens (including phenoxy) is 2. The van der Waals surface area contributed by atoms with E-state index in [2.05, 4.69) is 0 Å². The standard InChI is InChI=1S/C28H28ClN3O3/c1-34-23-12-10-19(16-24(23)35-2)14-15-31(17-20-8-9-20)28(33)27-26(21-6-4-3-5-7-21)30-25-13-11-22(29)18-32(25)27/h3-7,10-13,16,18,20H,8-9,14-15,17H2,1-2H3. The molecule has 1 fully saturated rings. The Bertz CT molecular complexity index is 1350. The van der Waals surface area contributed by atoms with Crippen molar-refractivity contribution in [1.29, 1.82) is 0 Å². The first-order valence-electron chi connectivity index (χ1n) is 11.8. The molecule has 0 bridgehead atoms. The quantitative estimate of drug-likeness (QED) is 0.299. The molecule has 0 N–H and O–H groups in total. The predicted molar refractivity (Wildman–Crippen MR) is 138 cm³/mol. The van der Waals surface area contributed by atoms with Crippen LogP contribution in [-0.4, -0.2) is 47.5 Å². The van der Waals surface area contributed by atoms with E-state index < -0.39 is 0 Å². The highest BCUT2D eigenvalue weighted by molar-refractivity contribution is 6.30. The predicted octanol–water partition coefficient (Wildman–Crippen LogP) is 5.77. The zero-order valence-corrected chi connectivity index (χ0v) is 20.7. The number of hydrogen-bond donors (Lipinski definition) is 0.